The Hall–Kier alpha value is -1.03. The Morgan fingerprint density at radius 3 is 2.52 bits per heavy atom. The summed E-state index contributed by atoms with van der Waals surface area (Å²) >= 11 is 0. The smallest absolute Gasteiger partial charge is 0.242 e. The molecule has 21 heavy (non-hydrogen) atoms. The average Bonchev–Trinajstić information content (AvgIpc) is 2.37. The molecule has 1 aliphatic rings. The highest BCUT2D eigenvalue weighted by Gasteiger charge is 2.24. The number of sulfonamides is 1. The van der Waals surface area contributed by atoms with Crippen molar-refractivity contribution in [2.45, 2.75) is 41.8 Å². The van der Waals surface area contributed by atoms with Gasteiger partial charge in [-0.1, -0.05) is 0 Å². The van der Waals surface area contributed by atoms with Crippen LogP contribution in [-0.4, -0.2) is 46.7 Å². The van der Waals surface area contributed by atoms with Gasteiger partial charge in [-0.2, -0.15) is 0 Å². The maximum atomic E-state index is 12.2. The van der Waals surface area contributed by atoms with E-state index in [4.69, 9.17) is 0 Å². The molecule has 0 saturated carbocycles. The summed E-state index contributed by atoms with van der Waals surface area (Å²) < 4.78 is 49.8. The van der Waals surface area contributed by atoms with Crippen LogP contribution in [0.5, 0.6) is 0 Å². The van der Waals surface area contributed by atoms with Gasteiger partial charge in [0.25, 0.3) is 0 Å². The molecule has 0 spiro atoms. The monoisotopic (exact) mass is 333 g/mol. The molecular formula is C12H19N3O4S2. The first kappa shape index (κ1) is 16.3. The van der Waals surface area contributed by atoms with E-state index in [-0.39, 0.29) is 22.0 Å². The van der Waals surface area contributed by atoms with Crippen LogP contribution < -0.4 is 10.0 Å². The zero-order valence-electron chi connectivity index (χ0n) is 11.9. The van der Waals surface area contributed by atoms with Crippen molar-refractivity contribution in [3.8, 4) is 0 Å². The number of nitrogens with one attached hydrogen (secondary N) is 2. The zero-order chi connectivity index (χ0) is 15.7. The lowest BCUT2D eigenvalue weighted by molar-refractivity contribution is 0.361. The minimum absolute atomic E-state index is 0.0268. The van der Waals surface area contributed by atoms with Crippen LogP contribution in [0, 0.1) is 0 Å². The molecule has 1 aromatic rings. The standard InChI is InChI=1S/C12H19N3O4S2/c1-9-7-10(5-6-13-9)15-21(18,19)11-3-4-12(14-8-11)20(2,16)17/h3-4,8-10,13,15H,5-7H2,1-2H3. The van der Waals surface area contributed by atoms with Crippen LogP contribution >= 0.6 is 0 Å². The van der Waals surface area contributed by atoms with E-state index in [1.54, 1.807) is 0 Å². The van der Waals surface area contributed by atoms with Crippen LogP contribution in [0.3, 0.4) is 0 Å². The molecule has 0 amide bonds. The minimum atomic E-state index is -3.68. The van der Waals surface area contributed by atoms with E-state index in [1.807, 2.05) is 6.92 Å². The first-order valence-electron chi connectivity index (χ1n) is 6.60. The van der Waals surface area contributed by atoms with E-state index in [2.05, 4.69) is 15.0 Å². The van der Waals surface area contributed by atoms with Crippen molar-refractivity contribution in [1.29, 1.82) is 0 Å². The Balaban J connectivity index is 2.16. The van der Waals surface area contributed by atoms with Crippen LogP contribution in [0.15, 0.2) is 28.3 Å². The van der Waals surface area contributed by atoms with Gasteiger partial charge in [0.1, 0.15) is 4.90 Å². The molecule has 118 valence electrons. The molecule has 0 radical (unpaired) electrons. The van der Waals surface area contributed by atoms with Gasteiger partial charge in [-0.3, -0.25) is 0 Å². The second-order valence-corrected chi connectivity index (χ2v) is 8.98. The summed E-state index contributed by atoms with van der Waals surface area (Å²) in [5, 5.41) is 3.11. The number of pyridine rings is 1. The van der Waals surface area contributed by atoms with Gasteiger partial charge in [-0.25, -0.2) is 26.5 Å². The third kappa shape index (κ3) is 4.22. The van der Waals surface area contributed by atoms with E-state index < -0.39 is 19.9 Å². The second-order valence-electron chi connectivity index (χ2n) is 5.30. The first-order chi connectivity index (χ1) is 9.68. The molecule has 1 saturated heterocycles. The van der Waals surface area contributed by atoms with E-state index in [1.165, 1.54) is 12.1 Å². The topological polar surface area (TPSA) is 105 Å². The Morgan fingerprint density at radius 2 is 2.00 bits per heavy atom. The summed E-state index contributed by atoms with van der Waals surface area (Å²) in [6.45, 7) is 2.77. The number of hydrogen-bond acceptors (Lipinski definition) is 6. The number of piperidine rings is 1. The summed E-state index contributed by atoms with van der Waals surface area (Å²) in [5.74, 6) is 0. The van der Waals surface area contributed by atoms with Gasteiger partial charge < -0.3 is 5.32 Å². The van der Waals surface area contributed by atoms with E-state index >= 15 is 0 Å². The number of nitrogens with zero attached hydrogens (tertiary/aromatic N) is 1. The third-order valence-corrected chi connectivity index (χ3v) is 5.85. The van der Waals surface area contributed by atoms with Crippen LogP contribution in [0.25, 0.3) is 0 Å². The predicted octanol–water partition coefficient (Wildman–Crippen LogP) is -0.0961. The molecule has 7 nitrogen and oxygen atoms in total. The Bertz CT molecular complexity index is 699. The molecule has 0 bridgehead atoms. The van der Waals surface area contributed by atoms with E-state index in [9.17, 15) is 16.8 Å². The number of sulfone groups is 1. The highest BCUT2D eigenvalue weighted by Crippen LogP contribution is 2.15. The zero-order valence-corrected chi connectivity index (χ0v) is 13.5. The van der Waals surface area contributed by atoms with Gasteiger partial charge in [0, 0.05) is 24.5 Å². The lowest BCUT2D eigenvalue weighted by atomic mass is 10.0. The Labute approximate surface area is 125 Å². The molecule has 1 fully saturated rings. The van der Waals surface area contributed by atoms with Crippen LogP contribution in [0.1, 0.15) is 19.8 Å². The van der Waals surface area contributed by atoms with Crippen molar-refractivity contribution < 1.29 is 16.8 Å². The van der Waals surface area contributed by atoms with Gasteiger partial charge in [0.15, 0.2) is 14.9 Å². The predicted molar refractivity (Wildman–Crippen MR) is 78.2 cm³/mol. The summed E-state index contributed by atoms with van der Waals surface area (Å²) in [4.78, 5) is 3.68. The minimum Gasteiger partial charge on any atom is -0.314 e. The highest BCUT2D eigenvalue weighted by molar-refractivity contribution is 7.90. The lowest BCUT2D eigenvalue weighted by Crippen LogP contribution is -2.46. The average molecular weight is 333 g/mol. The lowest BCUT2D eigenvalue weighted by Gasteiger charge is -2.28. The molecule has 1 aliphatic heterocycles. The molecule has 0 aliphatic carbocycles. The van der Waals surface area contributed by atoms with Gasteiger partial charge in [-0.15, -0.1) is 0 Å². The van der Waals surface area contributed by atoms with Crippen molar-refractivity contribution in [3.05, 3.63) is 18.3 Å². The summed E-state index contributed by atoms with van der Waals surface area (Å²) in [7, 11) is -7.11. The van der Waals surface area contributed by atoms with Crippen molar-refractivity contribution in [1.82, 2.24) is 15.0 Å². The second kappa shape index (κ2) is 5.99. The maximum absolute atomic E-state index is 12.2. The summed E-state index contributed by atoms with van der Waals surface area (Å²) in [6, 6.07) is 2.60. The number of hydrogen-bond donors (Lipinski definition) is 2. The van der Waals surface area contributed by atoms with Crippen molar-refractivity contribution >= 4 is 19.9 Å². The Morgan fingerprint density at radius 1 is 1.29 bits per heavy atom. The molecule has 2 N–H and O–H groups in total. The normalized spacial score (nSPS) is 23.9. The van der Waals surface area contributed by atoms with E-state index in [0.29, 0.717) is 6.42 Å². The molecule has 9 heteroatoms. The highest BCUT2D eigenvalue weighted by atomic mass is 32.2. The number of rotatable bonds is 4. The fourth-order valence-corrected chi connectivity index (χ4v) is 4.06. The van der Waals surface area contributed by atoms with Crippen molar-refractivity contribution in [2.24, 2.45) is 0 Å². The molecule has 2 heterocycles. The maximum Gasteiger partial charge on any atom is 0.242 e. The van der Waals surface area contributed by atoms with Crippen molar-refractivity contribution in [2.75, 3.05) is 12.8 Å². The summed E-state index contributed by atoms with van der Waals surface area (Å²) in [5.41, 5.74) is 0. The third-order valence-electron chi connectivity index (χ3n) is 3.34. The molecule has 0 aromatic carbocycles. The number of aromatic nitrogens is 1. The van der Waals surface area contributed by atoms with Crippen LogP contribution in [-0.2, 0) is 19.9 Å². The van der Waals surface area contributed by atoms with Gasteiger partial charge in [0.05, 0.1) is 0 Å². The largest absolute Gasteiger partial charge is 0.314 e. The van der Waals surface area contributed by atoms with Crippen LogP contribution in [0.4, 0.5) is 0 Å². The quantitative estimate of drug-likeness (QED) is 0.797. The molecule has 2 atom stereocenters. The van der Waals surface area contributed by atoms with Gasteiger partial charge in [-0.05, 0) is 38.4 Å². The molecule has 2 unspecified atom stereocenters. The van der Waals surface area contributed by atoms with Gasteiger partial charge >= 0.3 is 0 Å². The molecule has 2 rings (SSSR count). The fourth-order valence-electron chi connectivity index (χ4n) is 2.27. The van der Waals surface area contributed by atoms with Gasteiger partial charge in [0.2, 0.25) is 10.0 Å². The van der Waals surface area contributed by atoms with Crippen molar-refractivity contribution in [3.63, 3.8) is 0 Å². The Kier molecular flexibility index (Phi) is 4.66. The molecular weight excluding hydrogens is 314 g/mol. The van der Waals surface area contributed by atoms with Crippen LogP contribution in [0.2, 0.25) is 0 Å². The first-order valence-corrected chi connectivity index (χ1v) is 9.98. The SMILES string of the molecule is CC1CC(NS(=O)(=O)c2ccc(S(C)(=O)=O)nc2)CCN1. The van der Waals surface area contributed by atoms with E-state index in [0.717, 1.165) is 25.4 Å². The summed E-state index contributed by atoms with van der Waals surface area (Å²) in [6.07, 6.45) is 3.54. The fraction of sp³-hybridized carbons (Fsp3) is 0.583. The molecule has 1 aromatic heterocycles.